The van der Waals surface area contributed by atoms with Crippen molar-refractivity contribution in [3.63, 3.8) is 0 Å². The van der Waals surface area contributed by atoms with Crippen LogP contribution in [0.5, 0.6) is 0 Å². The average molecular weight is 258 g/mol. The van der Waals surface area contributed by atoms with Gasteiger partial charge in [0.2, 0.25) is 0 Å². The predicted molar refractivity (Wildman–Crippen MR) is 72.5 cm³/mol. The molecule has 1 aromatic carbocycles. The maximum atomic E-state index is 10.8. The van der Waals surface area contributed by atoms with Crippen LogP contribution in [0.2, 0.25) is 0 Å². The van der Waals surface area contributed by atoms with Gasteiger partial charge >= 0.3 is 0 Å². The first-order valence-corrected chi connectivity index (χ1v) is 6.69. The molecule has 4 heteroatoms. The molecule has 1 fully saturated rings. The lowest BCUT2D eigenvalue weighted by Crippen LogP contribution is -2.27. The summed E-state index contributed by atoms with van der Waals surface area (Å²) in [7, 11) is 0. The first-order chi connectivity index (χ1) is 9.04. The van der Waals surface area contributed by atoms with Crippen LogP contribution in [-0.2, 0) is 6.42 Å². The van der Waals surface area contributed by atoms with Crippen molar-refractivity contribution in [3.8, 4) is 6.07 Å². The summed E-state index contributed by atoms with van der Waals surface area (Å²) in [4.78, 5) is 10.4. The molecule has 1 saturated carbocycles. The molecule has 0 heterocycles. The lowest BCUT2D eigenvalue weighted by atomic mass is 9.69. The zero-order valence-electron chi connectivity index (χ0n) is 11.1. The predicted octanol–water partition coefficient (Wildman–Crippen LogP) is 3.86. The highest BCUT2D eigenvalue weighted by Gasteiger charge is 2.34. The molecule has 4 nitrogen and oxygen atoms in total. The van der Waals surface area contributed by atoms with Gasteiger partial charge in [-0.1, -0.05) is 19.1 Å². The number of hydrogen-bond acceptors (Lipinski definition) is 3. The van der Waals surface area contributed by atoms with Gasteiger partial charge in [-0.25, -0.2) is 0 Å². The lowest BCUT2D eigenvalue weighted by Gasteiger charge is -2.33. The molecule has 0 spiro atoms. The molecule has 0 unspecified atom stereocenters. The highest BCUT2D eigenvalue weighted by molar-refractivity contribution is 5.35. The van der Waals surface area contributed by atoms with Gasteiger partial charge in [-0.3, -0.25) is 10.1 Å². The van der Waals surface area contributed by atoms with Gasteiger partial charge in [0.1, 0.15) is 0 Å². The fourth-order valence-electron chi connectivity index (χ4n) is 2.81. The third-order valence-electron chi connectivity index (χ3n) is 4.13. The Kier molecular flexibility index (Phi) is 3.84. The molecule has 0 amide bonds. The fourth-order valence-corrected chi connectivity index (χ4v) is 2.81. The van der Waals surface area contributed by atoms with E-state index in [4.69, 9.17) is 0 Å². The van der Waals surface area contributed by atoms with E-state index in [0.717, 1.165) is 31.2 Å². The number of nitriles is 1. The Hall–Kier alpha value is -1.89. The molecule has 100 valence electrons. The van der Waals surface area contributed by atoms with E-state index < -0.39 is 0 Å². The number of hydrogen-bond donors (Lipinski definition) is 0. The third-order valence-corrected chi connectivity index (χ3v) is 4.13. The zero-order chi connectivity index (χ0) is 13.9. The maximum absolute atomic E-state index is 10.8. The van der Waals surface area contributed by atoms with E-state index in [1.165, 1.54) is 6.07 Å². The summed E-state index contributed by atoms with van der Waals surface area (Å²) in [5, 5.41) is 20.3. The van der Waals surface area contributed by atoms with Gasteiger partial charge in [0, 0.05) is 12.1 Å². The Balaban J connectivity index is 2.17. The number of non-ortho nitro benzene ring substituents is 1. The van der Waals surface area contributed by atoms with Gasteiger partial charge in [0.25, 0.3) is 5.69 Å². The highest BCUT2D eigenvalue weighted by Crippen LogP contribution is 2.41. The lowest BCUT2D eigenvalue weighted by molar-refractivity contribution is -0.384. The Bertz CT molecular complexity index is 511. The van der Waals surface area contributed by atoms with Crippen molar-refractivity contribution in [1.29, 1.82) is 5.26 Å². The molecular weight excluding hydrogens is 240 g/mol. The minimum atomic E-state index is -0.383. The topological polar surface area (TPSA) is 66.9 Å². The number of nitrogens with zero attached hydrogens (tertiary/aromatic N) is 2. The van der Waals surface area contributed by atoms with Crippen LogP contribution in [0, 0.1) is 32.8 Å². The molecule has 1 aliphatic carbocycles. The molecule has 0 radical (unpaired) electrons. The van der Waals surface area contributed by atoms with Gasteiger partial charge in [-0.15, -0.1) is 0 Å². The first-order valence-electron chi connectivity index (χ1n) is 6.69. The summed E-state index contributed by atoms with van der Waals surface area (Å²) in [5.74, 6) is 0.687. The molecule has 0 aromatic heterocycles. The van der Waals surface area contributed by atoms with Crippen LogP contribution in [0.1, 0.15) is 38.2 Å². The van der Waals surface area contributed by atoms with Gasteiger partial charge < -0.3 is 0 Å². The van der Waals surface area contributed by atoms with Crippen LogP contribution in [0.25, 0.3) is 0 Å². The SMILES string of the molecule is CC1CCC(C#N)(Cc2cccc([N+](=O)[O-])c2)CC1. The highest BCUT2D eigenvalue weighted by atomic mass is 16.6. The molecule has 1 aliphatic rings. The molecule has 0 bridgehead atoms. The average Bonchev–Trinajstić information content (AvgIpc) is 2.42. The van der Waals surface area contributed by atoms with Crippen molar-refractivity contribution in [3.05, 3.63) is 39.9 Å². The second kappa shape index (κ2) is 5.40. The normalized spacial score (nSPS) is 26.6. The van der Waals surface area contributed by atoms with Crippen LogP contribution in [-0.4, -0.2) is 4.92 Å². The van der Waals surface area contributed by atoms with E-state index in [-0.39, 0.29) is 16.0 Å². The number of nitro benzene ring substituents is 1. The fraction of sp³-hybridized carbons (Fsp3) is 0.533. The standard InChI is InChI=1S/C15H18N2O2/c1-12-5-7-15(11-16,8-6-12)10-13-3-2-4-14(9-13)17(18)19/h2-4,9,12H,5-8,10H2,1H3. The molecule has 19 heavy (non-hydrogen) atoms. The van der Waals surface area contributed by atoms with Crippen molar-refractivity contribution in [1.82, 2.24) is 0 Å². The van der Waals surface area contributed by atoms with Crippen molar-refractivity contribution >= 4 is 5.69 Å². The minimum absolute atomic E-state index is 0.106. The zero-order valence-corrected chi connectivity index (χ0v) is 11.1. The quantitative estimate of drug-likeness (QED) is 0.610. The second-order valence-electron chi connectivity index (χ2n) is 5.68. The van der Waals surface area contributed by atoms with Crippen molar-refractivity contribution < 1.29 is 4.92 Å². The summed E-state index contributed by atoms with van der Waals surface area (Å²) in [5.41, 5.74) is 0.668. The summed E-state index contributed by atoms with van der Waals surface area (Å²) in [6, 6.07) is 9.13. The number of benzene rings is 1. The molecule has 0 N–H and O–H groups in total. The molecule has 0 aliphatic heterocycles. The number of rotatable bonds is 3. The Morgan fingerprint density at radius 1 is 1.47 bits per heavy atom. The Morgan fingerprint density at radius 3 is 2.74 bits per heavy atom. The second-order valence-corrected chi connectivity index (χ2v) is 5.68. The summed E-state index contributed by atoms with van der Waals surface area (Å²) >= 11 is 0. The summed E-state index contributed by atoms with van der Waals surface area (Å²) < 4.78 is 0. The van der Waals surface area contributed by atoms with Crippen LogP contribution in [0.15, 0.2) is 24.3 Å². The van der Waals surface area contributed by atoms with Crippen LogP contribution >= 0.6 is 0 Å². The van der Waals surface area contributed by atoms with E-state index >= 15 is 0 Å². The van der Waals surface area contributed by atoms with E-state index in [1.807, 2.05) is 6.07 Å². The third kappa shape index (κ3) is 3.11. The van der Waals surface area contributed by atoms with E-state index in [2.05, 4.69) is 13.0 Å². The molecule has 0 atom stereocenters. The van der Waals surface area contributed by atoms with E-state index in [0.29, 0.717) is 12.3 Å². The van der Waals surface area contributed by atoms with Gasteiger partial charge in [0.05, 0.1) is 16.4 Å². The molecular formula is C15H18N2O2. The Morgan fingerprint density at radius 2 is 2.16 bits per heavy atom. The summed E-state index contributed by atoms with van der Waals surface area (Å²) in [6.45, 7) is 2.22. The maximum Gasteiger partial charge on any atom is 0.269 e. The van der Waals surface area contributed by atoms with Crippen LogP contribution < -0.4 is 0 Å². The van der Waals surface area contributed by atoms with Crippen LogP contribution in [0.4, 0.5) is 5.69 Å². The van der Waals surface area contributed by atoms with Gasteiger partial charge in [0.15, 0.2) is 0 Å². The van der Waals surface area contributed by atoms with Gasteiger partial charge in [-0.2, -0.15) is 5.26 Å². The van der Waals surface area contributed by atoms with E-state index in [9.17, 15) is 15.4 Å². The van der Waals surface area contributed by atoms with Crippen molar-refractivity contribution in [2.45, 2.75) is 39.0 Å². The molecule has 1 aromatic rings. The smallest absolute Gasteiger partial charge is 0.258 e. The Labute approximate surface area is 113 Å². The monoisotopic (exact) mass is 258 g/mol. The van der Waals surface area contributed by atoms with Crippen molar-refractivity contribution in [2.75, 3.05) is 0 Å². The number of nitro groups is 1. The largest absolute Gasteiger partial charge is 0.269 e. The molecule has 0 saturated heterocycles. The first kappa shape index (κ1) is 13.5. The summed E-state index contributed by atoms with van der Waals surface area (Å²) in [6.07, 6.45) is 4.56. The molecule has 2 rings (SSSR count). The van der Waals surface area contributed by atoms with E-state index in [1.54, 1.807) is 12.1 Å². The van der Waals surface area contributed by atoms with Crippen molar-refractivity contribution in [2.24, 2.45) is 11.3 Å². The van der Waals surface area contributed by atoms with Gasteiger partial charge in [-0.05, 0) is 43.6 Å². The van der Waals surface area contributed by atoms with Crippen LogP contribution in [0.3, 0.4) is 0 Å². The minimum Gasteiger partial charge on any atom is -0.258 e.